The number of piperazine rings is 1. The molecule has 2 aromatic carbocycles. The smallest absolute Gasteiger partial charge is 0.318 e. The van der Waals surface area contributed by atoms with Gasteiger partial charge in [0.1, 0.15) is 11.9 Å². The molecule has 1 aromatic heterocycles. The van der Waals surface area contributed by atoms with Gasteiger partial charge in [0.2, 0.25) is 0 Å². The van der Waals surface area contributed by atoms with Gasteiger partial charge in [0.25, 0.3) is 0 Å². The van der Waals surface area contributed by atoms with E-state index in [0.29, 0.717) is 25.0 Å². The fraction of sp³-hybridized carbons (Fsp3) is 0.559. The molecule has 4 aliphatic heterocycles. The number of rotatable bonds is 6. The van der Waals surface area contributed by atoms with Crippen LogP contribution < -0.4 is 14.5 Å². The minimum Gasteiger partial charge on any atom is -0.460 e. The first kappa shape index (κ1) is 29.5. The molecule has 4 aliphatic rings. The van der Waals surface area contributed by atoms with Crippen LogP contribution in [0.25, 0.3) is 10.8 Å². The second kappa shape index (κ2) is 13.1. The summed E-state index contributed by atoms with van der Waals surface area (Å²) in [6.45, 7) is 7.89. The third-order valence-electron chi connectivity index (χ3n) is 10.1. The molecule has 3 fully saturated rings. The summed E-state index contributed by atoms with van der Waals surface area (Å²) in [6, 6.07) is 16.2. The highest BCUT2D eigenvalue weighted by molar-refractivity contribution is 6.36. The number of piperidine rings is 1. The Balaban J connectivity index is 1.16. The first-order chi connectivity index (χ1) is 21.6. The zero-order valence-electron chi connectivity index (χ0n) is 25.6. The average Bonchev–Trinajstić information content (AvgIpc) is 3.06. The van der Waals surface area contributed by atoms with Crippen molar-refractivity contribution >= 4 is 33.9 Å². The van der Waals surface area contributed by atoms with Crippen LogP contribution in [0.4, 0.5) is 11.5 Å². The highest BCUT2D eigenvalue weighted by Crippen LogP contribution is 2.37. The molecule has 0 spiro atoms. The number of halogens is 1. The van der Waals surface area contributed by atoms with Crippen LogP contribution in [-0.2, 0) is 17.7 Å². The predicted octanol–water partition coefficient (Wildman–Crippen LogP) is 4.90. The topological polar surface area (TPSA) is 81.0 Å². The number of hydrogen-bond acceptors (Lipinski definition) is 9. The molecular weight excluding hydrogens is 574 g/mol. The largest absolute Gasteiger partial charge is 0.460 e. The van der Waals surface area contributed by atoms with Crippen molar-refractivity contribution in [1.82, 2.24) is 19.8 Å². The van der Waals surface area contributed by atoms with Gasteiger partial charge in [-0.25, -0.2) is 0 Å². The third-order valence-corrected chi connectivity index (χ3v) is 10.4. The van der Waals surface area contributed by atoms with E-state index < -0.39 is 0 Å². The van der Waals surface area contributed by atoms with Gasteiger partial charge in [-0.05, 0) is 56.7 Å². The molecule has 0 unspecified atom stereocenters. The van der Waals surface area contributed by atoms with E-state index in [1.54, 1.807) is 0 Å². The number of likely N-dealkylation sites (N-methyl/N-ethyl adjacent to an activating group) is 1. The van der Waals surface area contributed by atoms with Crippen molar-refractivity contribution in [2.45, 2.75) is 63.3 Å². The fourth-order valence-electron chi connectivity index (χ4n) is 7.47. The second-order valence-electron chi connectivity index (χ2n) is 12.7. The van der Waals surface area contributed by atoms with Gasteiger partial charge in [0.15, 0.2) is 0 Å². The molecule has 9 nitrogen and oxygen atoms in total. The molecule has 1 atom stereocenters. The molecule has 0 radical (unpaired) electrons. The Hall–Kier alpha value is -3.16. The summed E-state index contributed by atoms with van der Waals surface area (Å²) < 4.78 is 12.2. The molecule has 0 amide bonds. The monoisotopic (exact) mass is 615 g/mol. The summed E-state index contributed by atoms with van der Waals surface area (Å²) in [5, 5.41) is 12.5. The van der Waals surface area contributed by atoms with Crippen molar-refractivity contribution in [3.8, 4) is 12.1 Å². The number of anilines is 2. The molecule has 3 saturated heterocycles. The maximum absolute atomic E-state index is 9.48. The quantitative estimate of drug-likeness (QED) is 0.384. The van der Waals surface area contributed by atoms with Crippen molar-refractivity contribution in [2.24, 2.45) is 0 Å². The molecule has 44 heavy (non-hydrogen) atoms. The Labute approximate surface area is 265 Å². The Morgan fingerprint density at radius 2 is 1.77 bits per heavy atom. The predicted molar refractivity (Wildman–Crippen MR) is 174 cm³/mol. The normalized spacial score (nSPS) is 22.6. The van der Waals surface area contributed by atoms with Crippen LogP contribution >= 0.6 is 11.6 Å². The first-order valence-corrected chi connectivity index (χ1v) is 16.6. The van der Waals surface area contributed by atoms with Gasteiger partial charge in [0.05, 0.1) is 29.8 Å². The Morgan fingerprint density at radius 1 is 0.977 bits per heavy atom. The maximum atomic E-state index is 9.48. The molecule has 232 valence electrons. The van der Waals surface area contributed by atoms with Gasteiger partial charge < -0.3 is 19.3 Å². The highest BCUT2D eigenvalue weighted by atomic mass is 35.5. The fourth-order valence-corrected chi connectivity index (χ4v) is 7.75. The van der Waals surface area contributed by atoms with Crippen LogP contribution in [0.3, 0.4) is 0 Å². The molecule has 0 aliphatic carbocycles. The van der Waals surface area contributed by atoms with Gasteiger partial charge in [-0.15, -0.1) is 0 Å². The molecular formula is C34H42ClN7O2. The van der Waals surface area contributed by atoms with E-state index >= 15 is 0 Å². The minimum absolute atomic E-state index is 0.104. The van der Waals surface area contributed by atoms with Crippen LogP contribution in [0, 0.1) is 11.3 Å². The zero-order chi connectivity index (χ0) is 30.0. The molecule has 0 N–H and O–H groups in total. The SMILES string of the molecule is CN1CCN(c2nc(OC3CCN(C4CCOCC4)CC3)nc3c2CCN(c2cccc4cccc(Cl)c24)C3)C[C@@H]1CC#N. The summed E-state index contributed by atoms with van der Waals surface area (Å²) in [5.41, 5.74) is 3.36. The number of hydrogen-bond donors (Lipinski definition) is 0. The van der Waals surface area contributed by atoms with Gasteiger partial charge in [0, 0.05) is 81.2 Å². The van der Waals surface area contributed by atoms with Crippen LogP contribution in [0.15, 0.2) is 36.4 Å². The summed E-state index contributed by atoms with van der Waals surface area (Å²) >= 11 is 6.74. The number of fused-ring (bicyclic) bond motifs is 2. The number of aromatic nitrogens is 2. The van der Waals surface area contributed by atoms with E-state index in [1.807, 2.05) is 12.1 Å². The number of likely N-dealkylation sites (tertiary alicyclic amines) is 1. The molecule has 3 aromatic rings. The number of benzene rings is 2. The molecule has 5 heterocycles. The van der Waals surface area contributed by atoms with Crippen molar-refractivity contribution < 1.29 is 9.47 Å². The lowest BCUT2D eigenvalue weighted by Gasteiger charge is -2.41. The van der Waals surface area contributed by atoms with E-state index in [4.69, 9.17) is 31.0 Å². The molecule has 10 heteroatoms. The van der Waals surface area contributed by atoms with E-state index in [-0.39, 0.29) is 12.1 Å². The summed E-state index contributed by atoms with van der Waals surface area (Å²) in [4.78, 5) is 19.9. The minimum atomic E-state index is 0.104. The van der Waals surface area contributed by atoms with Crippen molar-refractivity contribution in [3.63, 3.8) is 0 Å². The number of nitrogens with zero attached hydrogens (tertiary/aromatic N) is 7. The average molecular weight is 616 g/mol. The van der Waals surface area contributed by atoms with E-state index in [9.17, 15) is 5.26 Å². The lowest BCUT2D eigenvalue weighted by molar-refractivity contribution is 0.00869. The van der Waals surface area contributed by atoms with Gasteiger partial charge >= 0.3 is 6.01 Å². The Bertz CT molecular complexity index is 1510. The second-order valence-corrected chi connectivity index (χ2v) is 13.1. The Morgan fingerprint density at radius 3 is 2.57 bits per heavy atom. The number of ether oxygens (including phenoxy) is 2. The van der Waals surface area contributed by atoms with E-state index in [2.05, 4.69) is 57.0 Å². The third kappa shape index (κ3) is 6.05. The van der Waals surface area contributed by atoms with Gasteiger partial charge in [-0.3, -0.25) is 9.80 Å². The molecule has 7 rings (SSSR count). The first-order valence-electron chi connectivity index (χ1n) is 16.2. The van der Waals surface area contributed by atoms with Crippen LogP contribution in [0.5, 0.6) is 6.01 Å². The molecule has 0 bridgehead atoms. The Kier molecular flexibility index (Phi) is 8.77. The maximum Gasteiger partial charge on any atom is 0.318 e. The number of nitriles is 1. The lowest BCUT2D eigenvalue weighted by Crippen LogP contribution is -2.52. The van der Waals surface area contributed by atoms with Gasteiger partial charge in [-0.2, -0.15) is 15.2 Å². The van der Waals surface area contributed by atoms with Crippen molar-refractivity contribution in [3.05, 3.63) is 52.7 Å². The molecule has 0 saturated carbocycles. The summed E-state index contributed by atoms with van der Waals surface area (Å²) in [6.07, 6.45) is 5.65. The van der Waals surface area contributed by atoms with Crippen molar-refractivity contribution in [2.75, 3.05) is 69.3 Å². The summed E-state index contributed by atoms with van der Waals surface area (Å²) in [7, 11) is 2.11. The van der Waals surface area contributed by atoms with E-state index in [0.717, 1.165) is 118 Å². The standard InChI is InChI=1S/C34H42ClN7O2/c1-39-18-19-42(22-26(39)8-14-36)33-28-11-17-41(31-7-3-5-24-4-2-6-29(35)32(24)31)23-30(28)37-34(38-33)44-27-9-15-40(16-10-27)25-12-20-43-21-13-25/h2-7,25-27H,8-13,15-23H2,1H3/t26-/m0/s1. The lowest BCUT2D eigenvalue weighted by atomic mass is 10.0. The van der Waals surface area contributed by atoms with E-state index in [1.165, 1.54) is 5.56 Å². The summed E-state index contributed by atoms with van der Waals surface area (Å²) in [5.74, 6) is 0.983. The van der Waals surface area contributed by atoms with Gasteiger partial charge in [-0.1, -0.05) is 35.9 Å². The van der Waals surface area contributed by atoms with Crippen molar-refractivity contribution in [1.29, 1.82) is 5.26 Å². The zero-order valence-corrected chi connectivity index (χ0v) is 26.4. The van der Waals surface area contributed by atoms with Crippen LogP contribution in [-0.4, -0.2) is 97.5 Å². The van der Waals surface area contributed by atoms with Crippen LogP contribution in [0.2, 0.25) is 5.02 Å². The van der Waals surface area contributed by atoms with Crippen LogP contribution in [0.1, 0.15) is 43.4 Å². The highest BCUT2D eigenvalue weighted by Gasteiger charge is 2.32.